The van der Waals surface area contributed by atoms with Crippen molar-refractivity contribution in [3.05, 3.63) is 66.7 Å². The van der Waals surface area contributed by atoms with Gasteiger partial charge in [-0.1, -0.05) is 30.3 Å². The summed E-state index contributed by atoms with van der Waals surface area (Å²) in [6.07, 6.45) is 0.576. The molecule has 8 nitrogen and oxygen atoms in total. The molecule has 3 aromatic carbocycles. The molecule has 0 spiro atoms. The van der Waals surface area contributed by atoms with Gasteiger partial charge in [0.15, 0.2) is 0 Å². The fraction of sp³-hybridized carbons (Fsp3) is 0.250. The molecule has 1 atom stereocenters. The summed E-state index contributed by atoms with van der Waals surface area (Å²) < 4.78 is 32.1. The van der Waals surface area contributed by atoms with Crippen LogP contribution < -0.4 is 10.6 Å². The standard InChI is InChI=1S/C24H25N3O5S/c1-32-24(29)26-20-10-12-22(13-11-20)33(30,31)27-14-4-7-19(16-27)23(28)25-21-9-8-17-5-2-3-6-18(17)15-21/h2-3,5-6,8-13,15,19H,4,7,14,16H2,1H3,(H,25,28)(H,26,29). The number of piperidine rings is 1. The van der Waals surface area contributed by atoms with Crippen LogP contribution in [0, 0.1) is 5.92 Å². The molecule has 1 saturated heterocycles. The van der Waals surface area contributed by atoms with E-state index < -0.39 is 22.0 Å². The molecule has 4 rings (SSSR count). The summed E-state index contributed by atoms with van der Waals surface area (Å²) in [4.78, 5) is 24.3. The Bertz CT molecular complexity index is 1270. The van der Waals surface area contributed by atoms with E-state index in [-0.39, 0.29) is 17.3 Å². The SMILES string of the molecule is COC(=O)Nc1ccc(S(=O)(=O)N2CCCC(C(=O)Nc3ccc4ccccc4c3)C2)cc1. The number of sulfonamides is 1. The van der Waals surface area contributed by atoms with Crippen LogP contribution in [-0.4, -0.2) is 44.9 Å². The largest absolute Gasteiger partial charge is 0.453 e. The van der Waals surface area contributed by atoms with Crippen LogP contribution in [0.15, 0.2) is 71.6 Å². The highest BCUT2D eigenvalue weighted by Crippen LogP contribution is 2.26. The molecule has 9 heteroatoms. The van der Waals surface area contributed by atoms with Crippen LogP contribution in [0.1, 0.15) is 12.8 Å². The zero-order valence-electron chi connectivity index (χ0n) is 18.2. The highest BCUT2D eigenvalue weighted by Gasteiger charge is 2.33. The first-order valence-corrected chi connectivity index (χ1v) is 12.1. The molecule has 33 heavy (non-hydrogen) atoms. The first kappa shape index (κ1) is 22.8. The average Bonchev–Trinajstić information content (AvgIpc) is 2.84. The van der Waals surface area contributed by atoms with Gasteiger partial charge in [-0.05, 0) is 60.0 Å². The van der Waals surface area contributed by atoms with E-state index in [0.29, 0.717) is 30.8 Å². The fourth-order valence-corrected chi connectivity index (χ4v) is 5.44. The van der Waals surface area contributed by atoms with E-state index in [1.807, 2.05) is 42.5 Å². The summed E-state index contributed by atoms with van der Waals surface area (Å²) in [6, 6.07) is 19.4. The number of amides is 2. The zero-order chi connectivity index (χ0) is 23.4. The van der Waals surface area contributed by atoms with Crippen LogP contribution in [0.25, 0.3) is 10.8 Å². The van der Waals surface area contributed by atoms with Crippen LogP contribution in [0.4, 0.5) is 16.2 Å². The number of hydrogen-bond donors (Lipinski definition) is 2. The van der Waals surface area contributed by atoms with E-state index in [2.05, 4.69) is 15.4 Å². The number of rotatable bonds is 5. The number of nitrogens with zero attached hydrogens (tertiary/aromatic N) is 1. The number of methoxy groups -OCH3 is 1. The Morgan fingerprint density at radius 3 is 2.36 bits per heavy atom. The smallest absolute Gasteiger partial charge is 0.411 e. The fourth-order valence-electron chi connectivity index (χ4n) is 3.91. The van der Waals surface area contributed by atoms with Crippen molar-refractivity contribution in [1.29, 1.82) is 0 Å². The van der Waals surface area contributed by atoms with Gasteiger partial charge < -0.3 is 10.1 Å². The lowest BCUT2D eigenvalue weighted by molar-refractivity contribution is -0.120. The molecular formula is C24H25N3O5S. The maximum absolute atomic E-state index is 13.1. The molecule has 0 saturated carbocycles. The Morgan fingerprint density at radius 1 is 0.939 bits per heavy atom. The number of nitrogens with one attached hydrogen (secondary N) is 2. The summed E-state index contributed by atoms with van der Waals surface area (Å²) in [5, 5.41) is 7.52. The van der Waals surface area contributed by atoms with Crippen molar-refractivity contribution in [2.45, 2.75) is 17.7 Å². The molecule has 0 aliphatic carbocycles. The van der Waals surface area contributed by atoms with Crippen molar-refractivity contribution in [1.82, 2.24) is 4.31 Å². The molecule has 0 radical (unpaired) electrons. The third-order valence-electron chi connectivity index (χ3n) is 5.70. The number of benzene rings is 3. The predicted molar refractivity (Wildman–Crippen MR) is 127 cm³/mol. The third kappa shape index (κ3) is 5.15. The van der Waals surface area contributed by atoms with E-state index in [0.717, 1.165) is 10.8 Å². The highest BCUT2D eigenvalue weighted by molar-refractivity contribution is 7.89. The Kier molecular flexibility index (Phi) is 6.62. The normalized spacial score (nSPS) is 16.8. The molecule has 2 amide bonds. The highest BCUT2D eigenvalue weighted by atomic mass is 32.2. The number of hydrogen-bond acceptors (Lipinski definition) is 5. The van der Waals surface area contributed by atoms with Crippen molar-refractivity contribution in [2.75, 3.05) is 30.8 Å². The lowest BCUT2D eigenvalue weighted by Crippen LogP contribution is -2.43. The van der Waals surface area contributed by atoms with Crippen molar-refractivity contribution in [2.24, 2.45) is 5.92 Å². The first-order valence-electron chi connectivity index (χ1n) is 10.6. The molecule has 1 aliphatic heterocycles. The maximum Gasteiger partial charge on any atom is 0.411 e. The molecule has 1 unspecified atom stereocenters. The second-order valence-corrected chi connectivity index (χ2v) is 9.83. The van der Waals surface area contributed by atoms with Crippen molar-refractivity contribution in [3.8, 4) is 0 Å². The molecule has 1 fully saturated rings. The van der Waals surface area contributed by atoms with E-state index >= 15 is 0 Å². The van der Waals surface area contributed by atoms with Gasteiger partial charge in [0.05, 0.1) is 17.9 Å². The van der Waals surface area contributed by atoms with Crippen LogP contribution >= 0.6 is 0 Å². The molecule has 1 heterocycles. The van der Waals surface area contributed by atoms with Gasteiger partial charge in [0.1, 0.15) is 0 Å². The maximum atomic E-state index is 13.1. The summed E-state index contributed by atoms with van der Waals surface area (Å²) in [6.45, 7) is 0.466. The molecule has 0 aromatic heterocycles. The number of ether oxygens (including phenoxy) is 1. The summed E-state index contributed by atoms with van der Waals surface area (Å²) in [5.74, 6) is -0.636. The number of anilines is 2. The minimum absolute atomic E-state index is 0.105. The van der Waals surface area contributed by atoms with E-state index in [4.69, 9.17) is 0 Å². The molecule has 1 aliphatic rings. The summed E-state index contributed by atoms with van der Waals surface area (Å²) in [7, 11) is -2.52. The van der Waals surface area contributed by atoms with E-state index in [9.17, 15) is 18.0 Å². The first-order chi connectivity index (χ1) is 15.9. The monoisotopic (exact) mass is 467 g/mol. The van der Waals surface area contributed by atoms with E-state index in [1.54, 1.807) is 0 Å². The van der Waals surface area contributed by atoms with Gasteiger partial charge >= 0.3 is 6.09 Å². The van der Waals surface area contributed by atoms with Gasteiger partial charge in [-0.3, -0.25) is 10.1 Å². The Hall–Kier alpha value is -3.43. The minimum Gasteiger partial charge on any atom is -0.453 e. The summed E-state index contributed by atoms with van der Waals surface area (Å²) >= 11 is 0. The topological polar surface area (TPSA) is 105 Å². The van der Waals surface area contributed by atoms with Crippen LogP contribution in [-0.2, 0) is 19.6 Å². The molecular weight excluding hydrogens is 442 g/mol. The molecule has 3 aromatic rings. The van der Waals surface area contributed by atoms with Crippen LogP contribution in [0.5, 0.6) is 0 Å². The lowest BCUT2D eigenvalue weighted by Gasteiger charge is -2.31. The number of fused-ring (bicyclic) bond motifs is 1. The van der Waals surface area contributed by atoms with Gasteiger partial charge in [0, 0.05) is 24.5 Å². The second kappa shape index (κ2) is 9.60. The van der Waals surface area contributed by atoms with Crippen LogP contribution in [0.3, 0.4) is 0 Å². The third-order valence-corrected chi connectivity index (χ3v) is 7.58. The zero-order valence-corrected chi connectivity index (χ0v) is 19.0. The predicted octanol–water partition coefficient (Wildman–Crippen LogP) is 4.06. The molecule has 172 valence electrons. The second-order valence-electron chi connectivity index (χ2n) is 7.89. The Labute approximate surface area is 192 Å². The van der Waals surface area contributed by atoms with Crippen LogP contribution in [0.2, 0.25) is 0 Å². The average molecular weight is 468 g/mol. The Morgan fingerprint density at radius 2 is 1.64 bits per heavy atom. The lowest BCUT2D eigenvalue weighted by atomic mass is 9.98. The number of carbonyl (C=O) groups excluding carboxylic acids is 2. The van der Waals surface area contributed by atoms with Gasteiger partial charge in [-0.2, -0.15) is 4.31 Å². The van der Waals surface area contributed by atoms with Gasteiger partial charge in [0.25, 0.3) is 0 Å². The molecule has 2 N–H and O–H groups in total. The Balaban J connectivity index is 1.44. The van der Waals surface area contributed by atoms with Crippen molar-refractivity contribution >= 4 is 44.2 Å². The quantitative estimate of drug-likeness (QED) is 0.589. The number of carbonyl (C=O) groups is 2. The van der Waals surface area contributed by atoms with Crippen molar-refractivity contribution in [3.63, 3.8) is 0 Å². The molecule has 0 bridgehead atoms. The van der Waals surface area contributed by atoms with Gasteiger partial charge in [-0.25, -0.2) is 13.2 Å². The summed E-state index contributed by atoms with van der Waals surface area (Å²) in [5.41, 5.74) is 1.11. The minimum atomic E-state index is -3.77. The van der Waals surface area contributed by atoms with E-state index in [1.165, 1.54) is 35.7 Å². The van der Waals surface area contributed by atoms with Crippen molar-refractivity contribution < 1.29 is 22.7 Å². The van der Waals surface area contributed by atoms with Gasteiger partial charge in [0.2, 0.25) is 15.9 Å². The van der Waals surface area contributed by atoms with Gasteiger partial charge in [-0.15, -0.1) is 0 Å².